The summed E-state index contributed by atoms with van der Waals surface area (Å²) < 4.78 is 24.2. The number of rotatable bonds is 9. The number of benzene rings is 2. The van der Waals surface area contributed by atoms with E-state index in [0.717, 1.165) is 22.4 Å². The minimum absolute atomic E-state index is 0.0865. The third-order valence-electron chi connectivity index (χ3n) is 9.29. The van der Waals surface area contributed by atoms with Gasteiger partial charge in [0.15, 0.2) is 23.5 Å². The Balaban J connectivity index is 1.46. The van der Waals surface area contributed by atoms with Gasteiger partial charge >= 0.3 is 0 Å². The molecular formula is C35H36N4O8. The number of nitrogens with one attached hydrogen (secondary N) is 2. The van der Waals surface area contributed by atoms with Crippen LogP contribution in [0.3, 0.4) is 0 Å². The van der Waals surface area contributed by atoms with E-state index in [1.54, 1.807) is 13.8 Å². The average molecular weight is 641 g/mol. The Bertz CT molecular complexity index is 1860. The molecule has 2 aromatic heterocycles. The highest BCUT2D eigenvalue weighted by Crippen LogP contribution is 2.59. The normalized spacial score (nSPS) is 23.1. The Morgan fingerprint density at radius 1 is 1.13 bits per heavy atom. The summed E-state index contributed by atoms with van der Waals surface area (Å²) in [5.41, 5.74) is 3.03. The molecule has 47 heavy (non-hydrogen) atoms. The number of Topliss-reactive ketones (excluding diaryl/α,β-unsaturated/α-hetero) is 1. The van der Waals surface area contributed by atoms with Crippen LogP contribution in [0.5, 0.6) is 5.75 Å². The van der Waals surface area contributed by atoms with Crippen LogP contribution in [-0.4, -0.2) is 45.6 Å². The van der Waals surface area contributed by atoms with Gasteiger partial charge in [0.2, 0.25) is 17.7 Å². The molecular weight excluding hydrogens is 604 g/mol. The van der Waals surface area contributed by atoms with Crippen LogP contribution in [0.15, 0.2) is 57.6 Å². The Kier molecular flexibility index (Phi) is 7.62. The molecule has 12 nitrogen and oxygen atoms in total. The first-order chi connectivity index (χ1) is 22.6. The molecule has 0 saturated carbocycles. The zero-order valence-corrected chi connectivity index (χ0v) is 26.5. The first-order valence-electron chi connectivity index (χ1n) is 15.8. The smallest absolute Gasteiger partial charge is 0.293 e. The van der Waals surface area contributed by atoms with Crippen molar-refractivity contribution in [3.63, 3.8) is 0 Å². The summed E-state index contributed by atoms with van der Waals surface area (Å²) in [5.74, 6) is -0.528. The van der Waals surface area contributed by atoms with Crippen molar-refractivity contribution in [2.24, 2.45) is 17.8 Å². The predicted octanol–water partition coefficient (Wildman–Crippen LogP) is 4.44. The lowest BCUT2D eigenvalue weighted by atomic mass is 9.72. The van der Waals surface area contributed by atoms with Crippen molar-refractivity contribution in [2.75, 3.05) is 5.32 Å². The molecule has 5 atom stereocenters. The number of aromatic nitrogens is 2. The van der Waals surface area contributed by atoms with Crippen molar-refractivity contribution in [1.29, 1.82) is 0 Å². The van der Waals surface area contributed by atoms with Crippen LogP contribution in [-0.2, 0) is 37.6 Å². The topological polar surface area (TPSA) is 166 Å². The number of aliphatic hydroxyl groups excluding tert-OH is 1. The largest absolute Gasteiger partial charge is 0.469 e. The van der Waals surface area contributed by atoms with Crippen molar-refractivity contribution in [1.82, 2.24) is 15.3 Å². The highest BCUT2D eigenvalue weighted by molar-refractivity contribution is 5.89. The number of para-hydroxylation sites is 1. The van der Waals surface area contributed by atoms with E-state index in [1.165, 1.54) is 6.26 Å². The van der Waals surface area contributed by atoms with Gasteiger partial charge in [-0.05, 0) is 41.5 Å². The van der Waals surface area contributed by atoms with Crippen molar-refractivity contribution in [2.45, 2.75) is 70.9 Å². The SMILES string of the molecule is CC(C)[C@H](O)C(=O)CC1Cc2ccc3c(c2)C2(c4ccccc4N[C@H]2O3)c2oc(nc2-c2nc(COC=O)co2)[C@H](C(C)C)NC1=O. The highest BCUT2D eigenvalue weighted by atomic mass is 16.5. The Hall–Kier alpha value is -4.97. The van der Waals surface area contributed by atoms with Gasteiger partial charge in [0.05, 0.1) is 0 Å². The minimum atomic E-state index is -1.18. The van der Waals surface area contributed by atoms with E-state index < -0.39 is 29.7 Å². The van der Waals surface area contributed by atoms with Crippen LogP contribution >= 0.6 is 0 Å². The highest BCUT2D eigenvalue weighted by Gasteiger charge is 2.61. The van der Waals surface area contributed by atoms with Gasteiger partial charge < -0.3 is 34.0 Å². The van der Waals surface area contributed by atoms with Gasteiger partial charge in [0.1, 0.15) is 41.9 Å². The van der Waals surface area contributed by atoms with Crippen molar-refractivity contribution >= 4 is 23.9 Å². The van der Waals surface area contributed by atoms with Crippen LogP contribution in [0, 0.1) is 17.8 Å². The fraction of sp³-hybridized carbons (Fsp3) is 0.400. The summed E-state index contributed by atoms with van der Waals surface area (Å²) in [6, 6.07) is 13.0. The van der Waals surface area contributed by atoms with E-state index >= 15 is 0 Å². The summed E-state index contributed by atoms with van der Waals surface area (Å²) >= 11 is 0. The molecule has 3 aliphatic rings. The fourth-order valence-electron chi connectivity index (χ4n) is 6.90. The number of fused-ring (bicyclic) bond motifs is 4. The number of ether oxygens (including phenoxy) is 2. The zero-order valence-electron chi connectivity index (χ0n) is 26.5. The molecule has 3 aliphatic heterocycles. The molecule has 7 rings (SSSR count). The molecule has 0 aliphatic carbocycles. The van der Waals surface area contributed by atoms with E-state index in [9.17, 15) is 19.5 Å². The Labute approximate surface area is 270 Å². The number of hydrogen-bond acceptors (Lipinski definition) is 11. The molecule has 0 fully saturated rings. The number of carbonyl (C=O) groups is 3. The average Bonchev–Trinajstić information content (AvgIpc) is 3.82. The maximum atomic E-state index is 14.0. The summed E-state index contributed by atoms with van der Waals surface area (Å²) in [6.07, 6.45) is -0.275. The second-order valence-corrected chi connectivity index (χ2v) is 13.1. The first-order valence-corrected chi connectivity index (χ1v) is 15.8. The van der Waals surface area contributed by atoms with E-state index in [-0.39, 0.29) is 54.8 Å². The number of hydrogen-bond donors (Lipinski definition) is 3. The monoisotopic (exact) mass is 640 g/mol. The van der Waals surface area contributed by atoms with E-state index in [4.69, 9.17) is 23.3 Å². The maximum absolute atomic E-state index is 14.0. The quantitative estimate of drug-likeness (QED) is 0.221. The summed E-state index contributed by atoms with van der Waals surface area (Å²) in [4.78, 5) is 47.5. The lowest BCUT2D eigenvalue weighted by Gasteiger charge is -2.28. The van der Waals surface area contributed by atoms with Crippen molar-refractivity contribution in [3.05, 3.63) is 82.8 Å². The molecule has 244 valence electrons. The van der Waals surface area contributed by atoms with Crippen LogP contribution in [0.1, 0.15) is 74.2 Å². The van der Waals surface area contributed by atoms with Gasteiger partial charge in [-0.1, -0.05) is 58.0 Å². The molecule has 0 radical (unpaired) electrons. The van der Waals surface area contributed by atoms with Gasteiger partial charge in [0, 0.05) is 23.6 Å². The number of ketones is 1. The summed E-state index contributed by atoms with van der Waals surface area (Å²) in [5, 5.41) is 17.2. The number of oxazole rings is 2. The number of carbonyl (C=O) groups excluding carboxylic acids is 3. The Morgan fingerprint density at radius 2 is 1.94 bits per heavy atom. The second kappa shape index (κ2) is 11.7. The molecule has 2 unspecified atom stereocenters. The number of aliphatic hydroxyl groups is 1. The fourth-order valence-corrected chi connectivity index (χ4v) is 6.90. The number of amides is 1. The van der Waals surface area contributed by atoms with Crippen LogP contribution in [0.4, 0.5) is 5.69 Å². The van der Waals surface area contributed by atoms with Crippen LogP contribution in [0.2, 0.25) is 0 Å². The van der Waals surface area contributed by atoms with Crippen LogP contribution in [0.25, 0.3) is 11.6 Å². The lowest BCUT2D eigenvalue weighted by molar-refractivity contribution is -0.135. The van der Waals surface area contributed by atoms with Crippen molar-refractivity contribution in [3.8, 4) is 17.3 Å². The minimum Gasteiger partial charge on any atom is -0.469 e. The summed E-state index contributed by atoms with van der Waals surface area (Å²) in [6.45, 7) is 7.67. The van der Waals surface area contributed by atoms with Gasteiger partial charge in [0.25, 0.3) is 6.47 Å². The lowest BCUT2D eigenvalue weighted by Crippen LogP contribution is -2.41. The molecule has 2 aromatic carbocycles. The molecule has 4 bridgehead atoms. The molecule has 12 heteroatoms. The van der Waals surface area contributed by atoms with Gasteiger partial charge in [-0.15, -0.1) is 0 Å². The van der Waals surface area contributed by atoms with E-state index in [0.29, 0.717) is 29.4 Å². The standard InChI is InChI=1S/C35H36N4O8/c1-17(2)27-33-39-28(32-36-21(15-45-32)14-44-16-40)30(47-33)35-22-7-5-6-8-24(22)37-34(35)46-26-10-9-19(12-23(26)35)11-20(31(43)38-27)13-25(41)29(42)18(3)4/h5-10,12,15-18,20,27,29,34,37,42H,11,13-14H2,1-4H3,(H,38,43)/t20?,27-,29-,34-,35?/m0/s1. The predicted molar refractivity (Wildman–Crippen MR) is 167 cm³/mol. The molecule has 3 N–H and O–H groups in total. The number of anilines is 1. The maximum Gasteiger partial charge on any atom is 0.293 e. The third kappa shape index (κ3) is 4.98. The van der Waals surface area contributed by atoms with E-state index in [1.807, 2.05) is 56.3 Å². The molecule has 1 amide bonds. The summed E-state index contributed by atoms with van der Waals surface area (Å²) in [7, 11) is 0. The molecule has 1 spiro atoms. The van der Waals surface area contributed by atoms with Crippen molar-refractivity contribution < 1.29 is 37.8 Å². The number of nitrogens with zero attached hydrogens (tertiary/aromatic N) is 2. The van der Waals surface area contributed by atoms with E-state index in [2.05, 4.69) is 15.6 Å². The molecule has 4 aromatic rings. The van der Waals surface area contributed by atoms with Gasteiger partial charge in [-0.2, -0.15) is 0 Å². The Morgan fingerprint density at radius 3 is 2.70 bits per heavy atom. The third-order valence-corrected chi connectivity index (χ3v) is 9.29. The molecule has 0 saturated heterocycles. The zero-order chi connectivity index (χ0) is 33.0. The van der Waals surface area contributed by atoms with Crippen LogP contribution < -0.4 is 15.4 Å². The van der Waals surface area contributed by atoms with Gasteiger partial charge in [-0.3, -0.25) is 14.4 Å². The second-order valence-electron chi connectivity index (χ2n) is 13.1. The first kappa shape index (κ1) is 30.7. The molecule has 5 heterocycles. The van der Waals surface area contributed by atoms with Gasteiger partial charge in [-0.25, -0.2) is 9.97 Å².